The number of benzene rings is 1. The van der Waals surface area contributed by atoms with E-state index in [0.29, 0.717) is 29.9 Å². The molecule has 2 aliphatic carbocycles. The molecule has 3 fully saturated rings. The van der Waals surface area contributed by atoms with Gasteiger partial charge in [-0.15, -0.1) is 0 Å². The zero-order valence-electron chi connectivity index (χ0n) is 15.4. The number of nitrogens with one attached hydrogen (secondary N) is 1. The highest BCUT2D eigenvalue weighted by molar-refractivity contribution is 7.89. The lowest BCUT2D eigenvalue weighted by molar-refractivity contribution is -0.127. The molecule has 26 heavy (non-hydrogen) atoms. The summed E-state index contributed by atoms with van der Waals surface area (Å²) in [6.45, 7) is 2.73. The van der Waals surface area contributed by atoms with Crippen LogP contribution in [0, 0.1) is 24.7 Å². The van der Waals surface area contributed by atoms with Crippen LogP contribution in [-0.4, -0.2) is 37.8 Å². The summed E-state index contributed by atoms with van der Waals surface area (Å²) < 4.78 is 27.3. The normalized spacial score (nSPS) is 31.9. The Bertz CT molecular complexity index is 775. The lowest BCUT2D eigenvalue weighted by Crippen LogP contribution is -2.48. The highest BCUT2D eigenvalue weighted by atomic mass is 32.2. The Balaban J connectivity index is 1.42. The van der Waals surface area contributed by atoms with E-state index >= 15 is 0 Å². The molecule has 4 atom stereocenters. The minimum absolute atomic E-state index is 0.0476. The highest BCUT2D eigenvalue weighted by Gasteiger charge is 2.41. The first-order chi connectivity index (χ1) is 12.4. The van der Waals surface area contributed by atoms with Gasteiger partial charge in [0.1, 0.15) is 0 Å². The fraction of sp³-hybridized carbons (Fsp3) is 0.650. The van der Waals surface area contributed by atoms with Crippen LogP contribution in [-0.2, 0) is 14.8 Å². The van der Waals surface area contributed by atoms with Crippen LogP contribution < -0.4 is 5.32 Å². The van der Waals surface area contributed by atoms with Crippen LogP contribution in [0.15, 0.2) is 29.2 Å². The summed E-state index contributed by atoms with van der Waals surface area (Å²) >= 11 is 0. The number of carbonyl (C=O) groups is 1. The van der Waals surface area contributed by atoms with Gasteiger partial charge in [0.05, 0.1) is 10.8 Å². The zero-order chi connectivity index (χ0) is 18.3. The number of piperidine rings is 1. The third-order valence-corrected chi connectivity index (χ3v) is 8.36. The first kappa shape index (κ1) is 18.0. The molecule has 4 rings (SSSR count). The van der Waals surface area contributed by atoms with Gasteiger partial charge in [-0.05, 0) is 63.0 Å². The van der Waals surface area contributed by atoms with E-state index < -0.39 is 10.0 Å². The molecular weight excluding hydrogens is 348 g/mol. The molecule has 0 spiro atoms. The minimum atomic E-state index is -3.53. The smallest absolute Gasteiger partial charge is 0.243 e. The average molecular weight is 377 g/mol. The first-order valence-electron chi connectivity index (χ1n) is 9.80. The molecule has 1 amide bonds. The molecule has 3 aliphatic rings. The fourth-order valence-electron chi connectivity index (χ4n) is 4.96. The molecule has 2 bridgehead atoms. The summed E-state index contributed by atoms with van der Waals surface area (Å²) in [5.74, 6) is 1.24. The number of nitrogens with zero attached hydrogens (tertiary/aromatic N) is 1. The fourth-order valence-corrected chi connectivity index (χ4v) is 6.48. The second-order valence-corrected chi connectivity index (χ2v) is 10.2. The maximum absolute atomic E-state index is 12.9. The Hall–Kier alpha value is -1.40. The summed E-state index contributed by atoms with van der Waals surface area (Å²) in [4.78, 5) is 13.1. The average Bonchev–Trinajstić information content (AvgIpc) is 3.25. The quantitative estimate of drug-likeness (QED) is 0.879. The molecule has 0 unspecified atom stereocenters. The van der Waals surface area contributed by atoms with E-state index in [2.05, 4.69) is 5.32 Å². The van der Waals surface area contributed by atoms with Gasteiger partial charge in [-0.3, -0.25) is 4.79 Å². The van der Waals surface area contributed by atoms with Gasteiger partial charge in [0.25, 0.3) is 0 Å². The van der Waals surface area contributed by atoms with Crippen LogP contribution in [0.2, 0.25) is 0 Å². The SMILES string of the molecule is Cc1ccc(S(=O)(=O)N2CCC[C@@H](C(=O)N[C@@H]3C[C@H]4CC[C@H]3C4)C2)cc1. The topological polar surface area (TPSA) is 66.5 Å². The number of hydrogen-bond donors (Lipinski definition) is 1. The van der Waals surface area contributed by atoms with E-state index in [1.54, 1.807) is 12.1 Å². The van der Waals surface area contributed by atoms with Crippen molar-refractivity contribution < 1.29 is 13.2 Å². The van der Waals surface area contributed by atoms with Gasteiger partial charge in [0, 0.05) is 19.1 Å². The standard InChI is InChI=1S/C20H28N2O3S/c1-14-4-8-18(9-5-14)26(24,25)22-10-2-3-17(13-22)20(23)21-19-12-15-6-7-16(19)11-15/h4-5,8-9,15-17,19H,2-3,6-7,10-13H2,1H3,(H,21,23)/t15-,16-,17+,19+/m0/s1. The van der Waals surface area contributed by atoms with Crippen molar-refractivity contribution in [1.82, 2.24) is 9.62 Å². The Morgan fingerprint density at radius 2 is 1.88 bits per heavy atom. The van der Waals surface area contributed by atoms with Crippen LogP contribution >= 0.6 is 0 Å². The molecule has 1 N–H and O–H groups in total. The van der Waals surface area contributed by atoms with E-state index in [9.17, 15) is 13.2 Å². The second kappa shape index (κ2) is 6.97. The predicted octanol–water partition coefficient (Wildman–Crippen LogP) is 2.70. The van der Waals surface area contributed by atoms with Gasteiger partial charge in [-0.25, -0.2) is 8.42 Å². The summed E-state index contributed by atoms with van der Waals surface area (Å²) in [6, 6.07) is 7.25. The lowest BCUT2D eigenvalue weighted by atomic mass is 9.93. The van der Waals surface area contributed by atoms with Gasteiger partial charge in [-0.1, -0.05) is 24.1 Å². The molecule has 142 valence electrons. The van der Waals surface area contributed by atoms with E-state index in [0.717, 1.165) is 30.7 Å². The van der Waals surface area contributed by atoms with E-state index in [1.165, 1.54) is 23.6 Å². The van der Waals surface area contributed by atoms with Crippen molar-refractivity contribution in [3.05, 3.63) is 29.8 Å². The van der Waals surface area contributed by atoms with Crippen LogP contribution in [0.4, 0.5) is 0 Å². The molecule has 2 saturated carbocycles. The van der Waals surface area contributed by atoms with Gasteiger partial charge >= 0.3 is 0 Å². The Morgan fingerprint density at radius 1 is 1.12 bits per heavy atom. The lowest BCUT2D eigenvalue weighted by Gasteiger charge is -2.33. The Kier molecular flexibility index (Phi) is 4.82. The molecule has 1 saturated heterocycles. The number of aryl methyl sites for hydroxylation is 1. The molecule has 1 aliphatic heterocycles. The number of hydrogen-bond acceptors (Lipinski definition) is 3. The van der Waals surface area contributed by atoms with Gasteiger partial charge in [-0.2, -0.15) is 4.31 Å². The molecule has 5 nitrogen and oxygen atoms in total. The summed E-state index contributed by atoms with van der Waals surface area (Å²) in [6.07, 6.45) is 6.40. The van der Waals surface area contributed by atoms with Crippen molar-refractivity contribution in [1.29, 1.82) is 0 Å². The number of sulfonamides is 1. The molecule has 0 radical (unpaired) electrons. The van der Waals surface area contributed by atoms with Crippen LogP contribution in [0.5, 0.6) is 0 Å². The Morgan fingerprint density at radius 3 is 2.54 bits per heavy atom. The van der Waals surface area contributed by atoms with Crippen molar-refractivity contribution in [3.8, 4) is 0 Å². The molecule has 1 aromatic rings. The van der Waals surface area contributed by atoms with E-state index in [-0.39, 0.29) is 11.8 Å². The number of amides is 1. The van der Waals surface area contributed by atoms with Gasteiger partial charge < -0.3 is 5.32 Å². The van der Waals surface area contributed by atoms with Crippen molar-refractivity contribution in [2.24, 2.45) is 17.8 Å². The zero-order valence-corrected chi connectivity index (χ0v) is 16.2. The molecule has 1 aromatic carbocycles. The van der Waals surface area contributed by atoms with Crippen molar-refractivity contribution in [3.63, 3.8) is 0 Å². The number of rotatable bonds is 4. The van der Waals surface area contributed by atoms with E-state index in [4.69, 9.17) is 0 Å². The summed E-state index contributed by atoms with van der Waals surface area (Å²) in [5, 5.41) is 3.24. The third kappa shape index (κ3) is 3.41. The molecule has 0 aromatic heterocycles. The van der Waals surface area contributed by atoms with Crippen LogP contribution in [0.3, 0.4) is 0 Å². The number of carbonyl (C=O) groups excluding carboxylic acids is 1. The van der Waals surface area contributed by atoms with Crippen LogP contribution in [0.25, 0.3) is 0 Å². The van der Waals surface area contributed by atoms with Crippen molar-refractivity contribution >= 4 is 15.9 Å². The second-order valence-electron chi connectivity index (χ2n) is 8.31. The monoisotopic (exact) mass is 376 g/mol. The van der Waals surface area contributed by atoms with E-state index in [1.807, 2.05) is 19.1 Å². The number of fused-ring (bicyclic) bond motifs is 2. The van der Waals surface area contributed by atoms with Gasteiger partial charge in [0.15, 0.2) is 0 Å². The highest BCUT2D eigenvalue weighted by Crippen LogP contribution is 2.44. The van der Waals surface area contributed by atoms with Crippen molar-refractivity contribution in [2.45, 2.75) is 56.4 Å². The molecular formula is C20H28N2O3S. The van der Waals surface area contributed by atoms with Crippen LogP contribution in [0.1, 0.15) is 44.1 Å². The molecule has 6 heteroatoms. The third-order valence-electron chi connectivity index (χ3n) is 6.48. The first-order valence-corrected chi connectivity index (χ1v) is 11.2. The molecule has 1 heterocycles. The van der Waals surface area contributed by atoms with Gasteiger partial charge in [0.2, 0.25) is 15.9 Å². The maximum atomic E-state index is 12.9. The minimum Gasteiger partial charge on any atom is -0.353 e. The summed E-state index contributed by atoms with van der Waals surface area (Å²) in [7, 11) is -3.53. The predicted molar refractivity (Wildman–Crippen MR) is 100 cm³/mol. The Labute approximate surface area is 156 Å². The van der Waals surface area contributed by atoms with Crippen molar-refractivity contribution in [2.75, 3.05) is 13.1 Å². The largest absolute Gasteiger partial charge is 0.353 e. The summed E-state index contributed by atoms with van der Waals surface area (Å²) in [5.41, 5.74) is 1.03. The maximum Gasteiger partial charge on any atom is 0.243 e.